The SMILES string of the molecule is CC.CC(C)(C)O.Cc1nc2cc3nn2c(c1CC(=O)O)N1CCC(C)(CC1)OC/C=C/COc1ccccc1-c1cccc-3c1. The van der Waals surface area contributed by atoms with Crippen LogP contribution in [-0.2, 0) is 16.0 Å². The minimum absolute atomic E-state index is 0.110. The molecule has 0 amide bonds. The summed E-state index contributed by atoms with van der Waals surface area (Å²) in [6.07, 6.45) is 5.54. The Morgan fingerprint density at radius 3 is 2.33 bits per heavy atom. The number of anilines is 1. The minimum atomic E-state index is -0.885. The molecule has 7 rings (SSSR count). The second-order valence-corrected chi connectivity index (χ2v) is 12.6. The molecule has 9 heteroatoms. The van der Waals surface area contributed by atoms with Gasteiger partial charge in [0.1, 0.15) is 18.2 Å². The highest BCUT2D eigenvalue weighted by molar-refractivity contribution is 5.78. The molecule has 2 aromatic heterocycles. The number of aliphatic carboxylic acids is 1. The van der Waals surface area contributed by atoms with Gasteiger partial charge < -0.3 is 24.6 Å². The van der Waals surface area contributed by atoms with E-state index < -0.39 is 11.6 Å². The zero-order valence-corrected chi connectivity index (χ0v) is 28.2. The number of aromatic nitrogens is 3. The molecule has 2 N–H and O–H groups in total. The minimum Gasteiger partial charge on any atom is -0.489 e. The third-order valence-corrected chi connectivity index (χ3v) is 7.71. The predicted octanol–water partition coefficient (Wildman–Crippen LogP) is 7.13. The van der Waals surface area contributed by atoms with Gasteiger partial charge in [0.25, 0.3) is 0 Å². The average Bonchev–Trinajstić information content (AvgIpc) is 3.43. The van der Waals surface area contributed by atoms with E-state index in [0.29, 0.717) is 30.1 Å². The van der Waals surface area contributed by atoms with Gasteiger partial charge in [0.05, 0.1) is 29.9 Å². The van der Waals surface area contributed by atoms with Crippen LogP contribution in [0.1, 0.15) is 65.6 Å². The average molecular weight is 629 g/mol. The fourth-order valence-corrected chi connectivity index (χ4v) is 5.50. The zero-order valence-electron chi connectivity index (χ0n) is 28.2. The zero-order chi connectivity index (χ0) is 33.5. The van der Waals surface area contributed by atoms with Crippen molar-refractivity contribution in [1.82, 2.24) is 14.6 Å². The molecule has 0 atom stereocenters. The lowest BCUT2D eigenvalue weighted by Gasteiger charge is -2.40. The van der Waals surface area contributed by atoms with Crippen LogP contribution in [0.2, 0.25) is 0 Å². The van der Waals surface area contributed by atoms with Gasteiger partial charge in [-0.05, 0) is 71.2 Å². The van der Waals surface area contributed by atoms with E-state index in [9.17, 15) is 9.90 Å². The molecule has 46 heavy (non-hydrogen) atoms. The Morgan fingerprint density at radius 2 is 1.63 bits per heavy atom. The van der Waals surface area contributed by atoms with E-state index in [0.717, 1.165) is 59.9 Å². The Bertz CT molecular complexity index is 1660. The number of para-hydroxylation sites is 1. The lowest BCUT2D eigenvalue weighted by molar-refractivity contribution is -0.136. The predicted molar refractivity (Wildman–Crippen MR) is 184 cm³/mol. The van der Waals surface area contributed by atoms with E-state index in [2.05, 4.69) is 30.0 Å². The maximum Gasteiger partial charge on any atom is 0.308 e. The third kappa shape index (κ3) is 8.73. The number of carboxylic acids is 1. The first-order valence-corrected chi connectivity index (χ1v) is 16.1. The Balaban J connectivity index is 0.000000628. The van der Waals surface area contributed by atoms with E-state index in [-0.39, 0.29) is 12.0 Å². The number of nitrogens with zero attached hydrogens (tertiary/aromatic N) is 4. The molecule has 0 radical (unpaired) electrons. The summed E-state index contributed by atoms with van der Waals surface area (Å²) in [4.78, 5) is 18.9. The van der Waals surface area contributed by atoms with Crippen LogP contribution in [0.5, 0.6) is 5.75 Å². The van der Waals surface area contributed by atoms with Crippen LogP contribution in [0.15, 0.2) is 66.7 Å². The van der Waals surface area contributed by atoms with Gasteiger partial charge in [-0.3, -0.25) is 4.79 Å². The molecule has 3 aliphatic heterocycles. The van der Waals surface area contributed by atoms with E-state index in [1.165, 1.54) is 0 Å². The van der Waals surface area contributed by atoms with Gasteiger partial charge in [-0.1, -0.05) is 56.3 Å². The second kappa shape index (κ2) is 14.9. The van der Waals surface area contributed by atoms with Gasteiger partial charge in [-0.2, -0.15) is 9.61 Å². The number of aliphatic hydroxyl groups is 1. The lowest BCUT2D eigenvalue weighted by Crippen LogP contribution is -2.45. The largest absolute Gasteiger partial charge is 0.489 e. The molecule has 4 aromatic rings. The summed E-state index contributed by atoms with van der Waals surface area (Å²) in [5.74, 6) is 0.731. The highest BCUT2D eigenvalue weighted by Crippen LogP contribution is 2.35. The number of carbonyl (C=O) groups is 1. The van der Waals surface area contributed by atoms with Crippen LogP contribution in [-0.4, -0.2) is 68.3 Å². The Hall–Kier alpha value is -4.21. The maximum absolute atomic E-state index is 11.9. The Labute approximate surface area is 272 Å². The molecule has 246 valence electrons. The van der Waals surface area contributed by atoms with Crippen molar-refractivity contribution < 1.29 is 24.5 Å². The van der Waals surface area contributed by atoms with Crippen molar-refractivity contribution in [2.24, 2.45) is 0 Å². The fraction of sp³-hybridized carbons (Fsp3) is 0.432. The molecule has 6 bridgehead atoms. The summed E-state index contributed by atoms with van der Waals surface area (Å²) < 4.78 is 14.3. The number of aryl methyl sites for hydroxylation is 1. The number of ether oxygens (including phenoxy) is 2. The topological polar surface area (TPSA) is 109 Å². The smallest absolute Gasteiger partial charge is 0.308 e. The molecule has 5 heterocycles. The summed E-state index contributed by atoms with van der Waals surface area (Å²) in [7, 11) is 0. The molecular formula is C37H48N4O5. The summed E-state index contributed by atoms with van der Waals surface area (Å²) in [6, 6.07) is 18.2. The van der Waals surface area contributed by atoms with Crippen LogP contribution in [0.3, 0.4) is 0 Å². The number of hydrogen-bond donors (Lipinski definition) is 2. The summed E-state index contributed by atoms with van der Waals surface area (Å²) >= 11 is 0. The highest BCUT2D eigenvalue weighted by atomic mass is 16.5. The second-order valence-electron chi connectivity index (χ2n) is 12.6. The van der Waals surface area contributed by atoms with E-state index in [1.807, 2.05) is 73.8 Å². The molecule has 0 aliphatic carbocycles. The van der Waals surface area contributed by atoms with Crippen molar-refractivity contribution in [3.05, 3.63) is 78.0 Å². The van der Waals surface area contributed by atoms with Crippen LogP contribution < -0.4 is 9.64 Å². The van der Waals surface area contributed by atoms with Crippen molar-refractivity contribution in [2.75, 3.05) is 31.2 Å². The number of piperidine rings is 1. The van der Waals surface area contributed by atoms with Crippen molar-refractivity contribution >= 4 is 17.4 Å². The third-order valence-electron chi connectivity index (χ3n) is 7.71. The van der Waals surface area contributed by atoms with Crippen molar-refractivity contribution in [3.63, 3.8) is 0 Å². The van der Waals surface area contributed by atoms with E-state index in [1.54, 1.807) is 20.8 Å². The Morgan fingerprint density at radius 1 is 0.978 bits per heavy atom. The first-order chi connectivity index (χ1) is 21.9. The van der Waals surface area contributed by atoms with Gasteiger partial charge in [-0.15, -0.1) is 0 Å². The number of hydrogen-bond acceptors (Lipinski definition) is 7. The highest BCUT2D eigenvalue weighted by Gasteiger charge is 2.33. The molecule has 1 fully saturated rings. The number of carboxylic acid groups (broad SMARTS) is 1. The van der Waals surface area contributed by atoms with Gasteiger partial charge in [-0.25, -0.2) is 4.98 Å². The van der Waals surface area contributed by atoms with E-state index >= 15 is 0 Å². The molecule has 3 aliphatic rings. The van der Waals surface area contributed by atoms with Crippen LogP contribution in [0.25, 0.3) is 28.0 Å². The van der Waals surface area contributed by atoms with Gasteiger partial charge in [0.2, 0.25) is 0 Å². The monoisotopic (exact) mass is 628 g/mol. The quantitative estimate of drug-likeness (QED) is 0.226. The Kier molecular flexibility index (Phi) is 11.2. The van der Waals surface area contributed by atoms with Crippen LogP contribution in [0, 0.1) is 6.92 Å². The lowest BCUT2D eigenvalue weighted by atomic mass is 9.93. The molecule has 0 unspecified atom stereocenters. The molecular weight excluding hydrogens is 580 g/mol. The normalized spacial score (nSPS) is 16.4. The molecule has 9 nitrogen and oxygen atoms in total. The standard InChI is InChI=1S/C31H32N4O4.C4H10O.C2H6/c1-21-25(19-29(36)37)30-34-14-12-31(2,13-15-34)39-17-6-5-16-38-27-11-4-3-10-24(27)22-8-7-9-23(18-22)26-20-28(32-21)35(30)33-26;1-4(2,3)5;1-2/h3-11,18,20H,12-17,19H2,1-2H3,(H,36,37);5H,1-3H3;1-2H3/b6-5+;;. The maximum atomic E-state index is 11.9. The van der Waals surface area contributed by atoms with Gasteiger partial charge in [0, 0.05) is 41.5 Å². The number of fused-ring (bicyclic) bond motifs is 6. The molecule has 0 spiro atoms. The van der Waals surface area contributed by atoms with Crippen molar-refractivity contribution in [3.8, 4) is 28.1 Å². The van der Waals surface area contributed by atoms with Gasteiger partial charge >= 0.3 is 5.97 Å². The van der Waals surface area contributed by atoms with Crippen LogP contribution >= 0.6 is 0 Å². The summed E-state index contributed by atoms with van der Waals surface area (Å²) in [5.41, 5.74) is 5.10. The summed E-state index contributed by atoms with van der Waals surface area (Å²) in [6.45, 7) is 15.7. The number of rotatable bonds is 2. The van der Waals surface area contributed by atoms with Crippen molar-refractivity contribution in [2.45, 2.75) is 78.9 Å². The molecule has 1 saturated heterocycles. The molecule has 0 saturated carbocycles. The number of benzene rings is 2. The van der Waals surface area contributed by atoms with Crippen molar-refractivity contribution in [1.29, 1.82) is 0 Å². The van der Waals surface area contributed by atoms with E-state index in [4.69, 9.17) is 24.7 Å². The molecule has 2 aromatic carbocycles. The summed E-state index contributed by atoms with van der Waals surface area (Å²) in [5, 5.41) is 23.2. The first-order valence-electron chi connectivity index (χ1n) is 16.1. The van der Waals surface area contributed by atoms with Crippen LogP contribution in [0.4, 0.5) is 5.82 Å². The first kappa shape index (κ1) is 34.7. The fourth-order valence-electron chi connectivity index (χ4n) is 5.50. The van der Waals surface area contributed by atoms with Gasteiger partial charge in [0.15, 0.2) is 5.65 Å².